The molecule has 2 aromatic rings. The molecule has 0 bridgehead atoms. The molecule has 4 atom stereocenters. The van der Waals surface area contributed by atoms with Crippen molar-refractivity contribution in [2.75, 3.05) is 11.7 Å². The van der Waals surface area contributed by atoms with E-state index in [0.717, 1.165) is 36.9 Å². The van der Waals surface area contributed by atoms with Crippen LogP contribution in [-0.4, -0.2) is 32.5 Å². The van der Waals surface area contributed by atoms with Crippen LogP contribution in [0.5, 0.6) is 0 Å². The first-order chi connectivity index (χ1) is 12.3. The lowest BCUT2D eigenvalue weighted by Crippen LogP contribution is -2.55. The van der Waals surface area contributed by atoms with Gasteiger partial charge < -0.3 is 9.09 Å². The molecule has 0 radical (unpaired) electrons. The Balaban J connectivity index is 1.47. The predicted molar refractivity (Wildman–Crippen MR) is 90.4 cm³/mol. The van der Waals surface area contributed by atoms with E-state index < -0.39 is 0 Å². The van der Waals surface area contributed by atoms with Gasteiger partial charge in [-0.05, 0) is 25.2 Å². The number of hydrazine groups is 1. The quantitative estimate of drug-likeness (QED) is 0.864. The Labute approximate surface area is 145 Å². The molecule has 4 unspecified atom stereocenters. The number of fused-ring (bicyclic) bond motifs is 6. The number of hydrogen-bond acceptors (Lipinski definition) is 7. The molecule has 0 spiro atoms. The van der Waals surface area contributed by atoms with E-state index in [1.54, 1.807) is 0 Å². The normalized spacial score (nSPS) is 33.9. The van der Waals surface area contributed by atoms with Crippen LogP contribution in [0.25, 0.3) is 11.5 Å². The van der Waals surface area contributed by atoms with E-state index in [2.05, 4.69) is 37.4 Å². The molecular weight excluding hydrogens is 318 g/mol. The molecule has 25 heavy (non-hydrogen) atoms. The minimum absolute atomic E-state index is 0.304. The number of rotatable bonds is 2. The van der Waals surface area contributed by atoms with E-state index >= 15 is 0 Å². The molecule has 2 N–H and O–H groups in total. The summed E-state index contributed by atoms with van der Waals surface area (Å²) in [6.07, 6.45) is 8.39. The third kappa shape index (κ3) is 1.98. The van der Waals surface area contributed by atoms with Gasteiger partial charge in [-0.15, -0.1) is 0 Å². The Hall–Kier alpha value is -1.93. The van der Waals surface area contributed by atoms with Crippen molar-refractivity contribution in [3.63, 3.8) is 0 Å². The average molecular weight is 341 g/mol. The minimum Gasteiger partial charge on any atom is -0.339 e. The van der Waals surface area contributed by atoms with Crippen LogP contribution in [-0.2, 0) is 0 Å². The highest BCUT2D eigenvalue weighted by atomic mass is 16.5. The van der Waals surface area contributed by atoms with Gasteiger partial charge in [0.25, 0.3) is 0 Å². The third-order valence-electron chi connectivity index (χ3n) is 6.40. The van der Waals surface area contributed by atoms with Crippen molar-refractivity contribution < 1.29 is 4.52 Å². The van der Waals surface area contributed by atoms with Gasteiger partial charge in [-0.3, -0.25) is 10.3 Å². The summed E-state index contributed by atoms with van der Waals surface area (Å²) in [5, 5.41) is 10.1. The van der Waals surface area contributed by atoms with Gasteiger partial charge in [0.05, 0.1) is 13.0 Å². The monoisotopic (exact) mass is 341 g/mol. The molecule has 2 saturated carbocycles. The first-order valence-electron chi connectivity index (χ1n) is 9.48. The molecule has 0 amide bonds. The lowest BCUT2D eigenvalue weighted by atomic mass is 9.74. The molecule has 2 aromatic heterocycles. The molecule has 8 heteroatoms. The zero-order valence-corrected chi connectivity index (χ0v) is 14.4. The largest absolute Gasteiger partial charge is 0.339 e. The van der Waals surface area contributed by atoms with Crippen LogP contribution in [0, 0.1) is 11.8 Å². The Morgan fingerprint density at radius 1 is 1.24 bits per heavy atom. The van der Waals surface area contributed by atoms with E-state index in [9.17, 15) is 0 Å². The fourth-order valence-corrected chi connectivity index (χ4v) is 5.02. The zero-order valence-electron chi connectivity index (χ0n) is 14.4. The van der Waals surface area contributed by atoms with Crippen LogP contribution in [0.1, 0.15) is 56.9 Å². The van der Waals surface area contributed by atoms with Crippen molar-refractivity contribution in [3.05, 3.63) is 12.2 Å². The second kappa shape index (κ2) is 5.04. The maximum atomic E-state index is 5.47. The van der Waals surface area contributed by atoms with Crippen LogP contribution in [0.3, 0.4) is 0 Å². The maximum absolute atomic E-state index is 5.47. The lowest BCUT2D eigenvalue weighted by Gasteiger charge is -2.48. The smallest absolute Gasteiger partial charge is 0.230 e. The van der Waals surface area contributed by atoms with Crippen molar-refractivity contribution in [2.45, 2.75) is 57.2 Å². The van der Waals surface area contributed by atoms with Gasteiger partial charge in [0.15, 0.2) is 11.5 Å². The highest BCUT2D eigenvalue weighted by Gasteiger charge is 2.48. The topological polar surface area (TPSA) is 84.0 Å². The summed E-state index contributed by atoms with van der Waals surface area (Å²) in [5.41, 5.74) is 4.31. The number of imidazole rings is 1. The van der Waals surface area contributed by atoms with Crippen LogP contribution in [0.15, 0.2) is 10.9 Å². The van der Waals surface area contributed by atoms with Crippen molar-refractivity contribution in [1.82, 2.24) is 30.4 Å². The van der Waals surface area contributed by atoms with E-state index in [4.69, 9.17) is 9.51 Å². The van der Waals surface area contributed by atoms with Crippen molar-refractivity contribution >= 4 is 5.82 Å². The third-order valence-corrected chi connectivity index (χ3v) is 6.40. The molecule has 1 saturated heterocycles. The predicted octanol–water partition coefficient (Wildman–Crippen LogP) is 2.00. The fraction of sp³-hybridized carbons (Fsp3) is 0.706. The summed E-state index contributed by atoms with van der Waals surface area (Å²) >= 11 is 0. The molecule has 8 nitrogen and oxygen atoms in total. The van der Waals surface area contributed by atoms with E-state index in [-0.39, 0.29) is 0 Å². The number of nitrogens with one attached hydrogen (secondary N) is 2. The second-order valence-corrected chi connectivity index (χ2v) is 7.96. The van der Waals surface area contributed by atoms with E-state index in [1.165, 1.54) is 19.3 Å². The first-order valence-corrected chi connectivity index (χ1v) is 9.48. The van der Waals surface area contributed by atoms with Crippen LogP contribution >= 0.6 is 0 Å². The minimum atomic E-state index is 0.304. The molecule has 0 aromatic carbocycles. The standard InChI is InChI=1S/C17H23N7O/c1-9-3-2-4-11-12(9)15-18-7-20-24(15)17-13(19-8-23(11)17)14-21-16(25-22-14)10-5-6-10/h8-12,15,18,20H,2-7H2,1H3. The molecular formula is C17H23N7O. The fourth-order valence-electron chi connectivity index (χ4n) is 5.02. The molecule has 2 aliphatic heterocycles. The molecule has 3 fully saturated rings. The number of aromatic nitrogens is 4. The Morgan fingerprint density at radius 2 is 2.16 bits per heavy atom. The molecule has 2 aliphatic carbocycles. The van der Waals surface area contributed by atoms with Crippen molar-refractivity contribution in [3.8, 4) is 11.5 Å². The van der Waals surface area contributed by atoms with Gasteiger partial charge in [0.2, 0.25) is 11.7 Å². The second-order valence-electron chi connectivity index (χ2n) is 7.96. The SMILES string of the molecule is CC1CCCC2C1C1NCNN1c1c(-c3noc(C4CC4)n3)ncn12. The Bertz CT molecular complexity index is 810. The summed E-state index contributed by atoms with van der Waals surface area (Å²) < 4.78 is 7.82. The molecule has 132 valence electrons. The summed E-state index contributed by atoms with van der Waals surface area (Å²) in [5.74, 6) is 4.21. The zero-order chi connectivity index (χ0) is 16.5. The van der Waals surface area contributed by atoms with E-state index in [0.29, 0.717) is 35.8 Å². The summed E-state index contributed by atoms with van der Waals surface area (Å²) in [4.78, 5) is 9.33. The van der Waals surface area contributed by atoms with Crippen LogP contribution in [0.2, 0.25) is 0 Å². The highest BCUT2D eigenvalue weighted by molar-refractivity contribution is 5.69. The van der Waals surface area contributed by atoms with Gasteiger partial charge in [0.1, 0.15) is 6.17 Å². The summed E-state index contributed by atoms with van der Waals surface area (Å²) in [6, 6.07) is 0.489. The Kier molecular flexibility index (Phi) is 2.88. The first kappa shape index (κ1) is 14.3. The van der Waals surface area contributed by atoms with Crippen LogP contribution in [0.4, 0.5) is 5.82 Å². The lowest BCUT2D eigenvalue weighted by molar-refractivity contribution is 0.117. The number of nitrogens with zero attached hydrogens (tertiary/aromatic N) is 5. The van der Waals surface area contributed by atoms with Gasteiger partial charge in [-0.25, -0.2) is 10.4 Å². The summed E-state index contributed by atoms with van der Waals surface area (Å²) in [6.45, 7) is 3.17. The number of hydrogen-bond donors (Lipinski definition) is 2. The highest BCUT2D eigenvalue weighted by Crippen LogP contribution is 2.49. The average Bonchev–Trinajstić information content (AvgIpc) is 3.03. The van der Waals surface area contributed by atoms with Gasteiger partial charge in [-0.1, -0.05) is 24.9 Å². The van der Waals surface area contributed by atoms with Gasteiger partial charge in [-0.2, -0.15) is 4.98 Å². The Morgan fingerprint density at radius 3 is 3.04 bits per heavy atom. The van der Waals surface area contributed by atoms with Gasteiger partial charge >= 0.3 is 0 Å². The van der Waals surface area contributed by atoms with Crippen molar-refractivity contribution in [1.29, 1.82) is 0 Å². The van der Waals surface area contributed by atoms with Gasteiger partial charge in [0, 0.05) is 17.9 Å². The van der Waals surface area contributed by atoms with E-state index in [1.807, 2.05) is 6.33 Å². The molecule has 6 rings (SSSR count). The van der Waals surface area contributed by atoms with Crippen LogP contribution < -0.4 is 15.8 Å². The summed E-state index contributed by atoms with van der Waals surface area (Å²) in [7, 11) is 0. The maximum Gasteiger partial charge on any atom is 0.230 e. The number of anilines is 1. The van der Waals surface area contributed by atoms with Crippen molar-refractivity contribution in [2.24, 2.45) is 11.8 Å². The molecule has 4 aliphatic rings. The molecule has 4 heterocycles.